The van der Waals surface area contributed by atoms with Crippen molar-refractivity contribution < 1.29 is 32.0 Å². The summed E-state index contributed by atoms with van der Waals surface area (Å²) < 4.78 is 54.6. The van der Waals surface area contributed by atoms with E-state index in [1.165, 1.54) is 6.20 Å². The molecule has 2 aromatic rings. The van der Waals surface area contributed by atoms with Crippen molar-refractivity contribution >= 4 is 21.0 Å². The van der Waals surface area contributed by atoms with E-state index in [1.807, 2.05) is 30.3 Å². The van der Waals surface area contributed by atoms with Gasteiger partial charge in [-0.3, -0.25) is 9.13 Å². The van der Waals surface area contributed by atoms with Crippen molar-refractivity contribution in [3.05, 3.63) is 54.2 Å². The number of aromatic nitrogens is 1. The van der Waals surface area contributed by atoms with Crippen LogP contribution >= 0.6 is 15.2 Å². The van der Waals surface area contributed by atoms with Crippen LogP contribution < -0.4 is 10.1 Å². The fraction of sp³-hybridized carbons (Fsp3) is 0.476. The van der Waals surface area contributed by atoms with E-state index in [0.29, 0.717) is 18.2 Å². The maximum atomic E-state index is 13.5. The van der Waals surface area contributed by atoms with Crippen LogP contribution in [0.1, 0.15) is 33.3 Å². The molecule has 1 aromatic carbocycles. The van der Waals surface area contributed by atoms with Crippen molar-refractivity contribution in [1.29, 1.82) is 0 Å². The maximum Gasteiger partial charge on any atom is 0.365 e. The summed E-state index contributed by atoms with van der Waals surface area (Å²) in [6.07, 6.45) is 1.51. The molecule has 178 valence electrons. The number of hydrogen-bond acceptors (Lipinski definition) is 9. The van der Waals surface area contributed by atoms with Crippen molar-refractivity contribution in [2.75, 3.05) is 31.7 Å². The first kappa shape index (κ1) is 26.5. The Labute approximate surface area is 189 Å². The van der Waals surface area contributed by atoms with E-state index in [1.54, 1.807) is 39.8 Å². The number of pyridine rings is 1. The van der Waals surface area contributed by atoms with Gasteiger partial charge in [-0.05, 0) is 45.4 Å². The van der Waals surface area contributed by atoms with Crippen LogP contribution in [0.2, 0.25) is 0 Å². The zero-order chi connectivity index (χ0) is 23.5. The van der Waals surface area contributed by atoms with Crippen LogP contribution in [0.25, 0.3) is 0 Å². The Balaban J connectivity index is 2.26. The molecule has 9 nitrogen and oxygen atoms in total. The molecular formula is C21H32N2O7P2. The van der Waals surface area contributed by atoms with Gasteiger partial charge in [-0.1, -0.05) is 30.3 Å². The van der Waals surface area contributed by atoms with Gasteiger partial charge in [0.1, 0.15) is 18.2 Å². The lowest BCUT2D eigenvalue weighted by Crippen LogP contribution is -2.26. The molecule has 0 bridgehead atoms. The van der Waals surface area contributed by atoms with Gasteiger partial charge in [0.15, 0.2) is 0 Å². The highest BCUT2D eigenvalue weighted by Gasteiger charge is 2.51. The highest BCUT2D eigenvalue weighted by atomic mass is 31.2. The summed E-state index contributed by atoms with van der Waals surface area (Å²) in [6.45, 7) is 7.45. The predicted octanol–water partition coefficient (Wildman–Crippen LogP) is 5.89. The Hall–Kier alpha value is -1.73. The zero-order valence-electron chi connectivity index (χ0n) is 18.9. The minimum atomic E-state index is -3.94. The molecule has 0 saturated carbocycles. The third-order valence-electron chi connectivity index (χ3n) is 4.10. The van der Waals surface area contributed by atoms with Gasteiger partial charge >= 0.3 is 15.2 Å². The number of nitrogens with zero attached hydrogens (tertiary/aromatic N) is 1. The summed E-state index contributed by atoms with van der Waals surface area (Å²) in [6, 6.07) is 13.1. The fourth-order valence-corrected chi connectivity index (χ4v) is 7.75. The monoisotopic (exact) mass is 486 g/mol. The van der Waals surface area contributed by atoms with Crippen LogP contribution in [-0.4, -0.2) is 36.9 Å². The molecular weight excluding hydrogens is 454 g/mol. The van der Waals surface area contributed by atoms with Gasteiger partial charge in [-0.25, -0.2) is 4.98 Å². The van der Waals surface area contributed by atoms with Crippen molar-refractivity contribution in [3.63, 3.8) is 0 Å². The number of hydrogen-bond donors (Lipinski definition) is 1. The molecule has 0 spiro atoms. The molecule has 0 aliphatic heterocycles. The lowest BCUT2D eigenvalue weighted by Gasteiger charge is -2.31. The topological polar surface area (TPSA) is 105 Å². The zero-order valence-corrected chi connectivity index (χ0v) is 20.7. The SMILES string of the molecule is CCOP(=O)(OCC)C(Nc1ccc(OCc2ccccc2)cn1)P(=O)(OCC)OCC. The van der Waals surface area contributed by atoms with Crippen molar-refractivity contribution in [1.82, 2.24) is 4.98 Å². The Bertz CT molecular complexity index is 847. The number of anilines is 1. The van der Waals surface area contributed by atoms with Crippen molar-refractivity contribution in [2.45, 2.75) is 39.8 Å². The van der Waals surface area contributed by atoms with Crippen molar-refractivity contribution in [2.24, 2.45) is 0 Å². The van der Waals surface area contributed by atoms with Crippen LogP contribution in [0.4, 0.5) is 5.82 Å². The Morgan fingerprint density at radius 1 is 0.812 bits per heavy atom. The van der Waals surface area contributed by atoms with Gasteiger partial charge in [0.25, 0.3) is 0 Å². The summed E-state index contributed by atoms with van der Waals surface area (Å²) in [5, 5.41) is 2.91. The molecule has 11 heteroatoms. The van der Waals surface area contributed by atoms with E-state index in [-0.39, 0.29) is 26.4 Å². The molecule has 1 heterocycles. The Morgan fingerprint density at radius 2 is 1.34 bits per heavy atom. The van der Waals surface area contributed by atoms with Gasteiger partial charge < -0.3 is 28.1 Å². The summed E-state index contributed by atoms with van der Waals surface area (Å²) in [7, 11) is -7.87. The summed E-state index contributed by atoms with van der Waals surface area (Å²) in [4.78, 5) is 4.30. The lowest BCUT2D eigenvalue weighted by atomic mass is 10.2. The minimum absolute atomic E-state index is 0.0907. The largest absolute Gasteiger partial charge is 0.487 e. The van der Waals surface area contributed by atoms with E-state index in [0.717, 1.165) is 5.56 Å². The van der Waals surface area contributed by atoms with E-state index >= 15 is 0 Å². The molecule has 0 aliphatic rings. The molecule has 0 amide bonds. The summed E-state index contributed by atoms with van der Waals surface area (Å²) >= 11 is 0. The second-order valence-corrected chi connectivity index (χ2v) is 11.1. The lowest BCUT2D eigenvalue weighted by molar-refractivity contribution is 0.198. The summed E-state index contributed by atoms with van der Waals surface area (Å²) in [5.41, 5.74) is -0.364. The Morgan fingerprint density at radius 3 is 1.78 bits per heavy atom. The van der Waals surface area contributed by atoms with Gasteiger partial charge in [0.2, 0.25) is 5.52 Å². The second kappa shape index (κ2) is 13.1. The molecule has 0 fully saturated rings. The van der Waals surface area contributed by atoms with Crippen LogP contribution in [0.5, 0.6) is 5.75 Å². The molecule has 0 unspecified atom stereocenters. The van der Waals surface area contributed by atoms with E-state index in [9.17, 15) is 9.13 Å². The molecule has 0 radical (unpaired) electrons. The number of benzene rings is 1. The first-order chi connectivity index (χ1) is 15.4. The highest BCUT2D eigenvalue weighted by molar-refractivity contribution is 7.72. The van der Waals surface area contributed by atoms with Crippen molar-refractivity contribution in [3.8, 4) is 5.75 Å². The van der Waals surface area contributed by atoms with Crippen LogP contribution in [0.15, 0.2) is 48.7 Å². The molecule has 0 aliphatic carbocycles. The minimum Gasteiger partial charge on any atom is -0.487 e. The van der Waals surface area contributed by atoms with E-state index in [2.05, 4.69) is 10.3 Å². The smallest absolute Gasteiger partial charge is 0.365 e. The van der Waals surface area contributed by atoms with Gasteiger partial charge in [-0.15, -0.1) is 0 Å². The third kappa shape index (κ3) is 7.41. The molecule has 0 atom stereocenters. The standard InChI is InChI=1S/C21H32N2O7P2/c1-5-27-31(24,28-6-2)21(32(25,29-7-3)30-8-4)23-20-15-14-19(16-22-20)26-17-18-12-10-9-11-13-18/h9-16,21H,5-8,17H2,1-4H3,(H,22,23). The molecule has 32 heavy (non-hydrogen) atoms. The third-order valence-corrected chi connectivity index (χ3v) is 9.72. The molecule has 0 saturated heterocycles. The number of ether oxygens (including phenoxy) is 1. The van der Waals surface area contributed by atoms with E-state index in [4.69, 9.17) is 22.8 Å². The van der Waals surface area contributed by atoms with Gasteiger partial charge in [0.05, 0.1) is 32.6 Å². The van der Waals surface area contributed by atoms with Crippen LogP contribution in [0.3, 0.4) is 0 Å². The first-order valence-corrected chi connectivity index (χ1v) is 13.8. The quantitative estimate of drug-likeness (QED) is 0.309. The maximum absolute atomic E-state index is 13.5. The average molecular weight is 486 g/mol. The number of rotatable bonds is 15. The highest BCUT2D eigenvalue weighted by Crippen LogP contribution is 2.70. The first-order valence-electron chi connectivity index (χ1n) is 10.6. The average Bonchev–Trinajstić information content (AvgIpc) is 2.78. The Kier molecular flexibility index (Phi) is 10.9. The van der Waals surface area contributed by atoms with Gasteiger partial charge in [0, 0.05) is 0 Å². The molecule has 1 aromatic heterocycles. The molecule has 1 N–H and O–H groups in total. The van der Waals surface area contributed by atoms with E-state index < -0.39 is 20.7 Å². The van der Waals surface area contributed by atoms with Crippen LogP contribution in [-0.2, 0) is 33.8 Å². The van der Waals surface area contributed by atoms with Gasteiger partial charge in [-0.2, -0.15) is 0 Å². The summed E-state index contributed by atoms with van der Waals surface area (Å²) in [5.74, 6) is 0.841. The fourth-order valence-electron chi connectivity index (χ4n) is 2.83. The normalized spacial score (nSPS) is 12.2. The predicted molar refractivity (Wildman–Crippen MR) is 124 cm³/mol. The second-order valence-electron chi connectivity index (χ2n) is 6.42. The molecule has 2 rings (SSSR count). The van der Waals surface area contributed by atoms with Crippen LogP contribution in [0, 0.1) is 0 Å². The number of nitrogens with one attached hydrogen (secondary N) is 1.